The van der Waals surface area contributed by atoms with Crippen LogP contribution in [0.25, 0.3) is 11.3 Å². The molecule has 26 heavy (non-hydrogen) atoms. The summed E-state index contributed by atoms with van der Waals surface area (Å²) in [6.45, 7) is 5.13. The quantitative estimate of drug-likeness (QED) is 0.757. The first-order valence-corrected chi connectivity index (χ1v) is 8.85. The SMILES string of the molecule is Cc1cc(N)cc([C@H]2CN(Cc3cn[nH]c3-c3ccccc3)CCO2)n1. The minimum absolute atomic E-state index is 0.0574. The number of hydrogen-bond acceptors (Lipinski definition) is 5. The van der Waals surface area contributed by atoms with E-state index in [-0.39, 0.29) is 6.10 Å². The highest BCUT2D eigenvalue weighted by Gasteiger charge is 2.24. The van der Waals surface area contributed by atoms with Crippen LogP contribution in [-0.4, -0.2) is 39.8 Å². The summed E-state index contributed by atoms with van der Waals surface area (Å²) in [5.74, 6) is 0. The highest BCUT2D eigenvalue weighted by atomic mass is 16.5. The van der Waals surface area contributed by atoms with E-state index >= 15 is 0 Å². The summed E-state index contributed by atoms with van der Waals surface area (Å²) in [4.78, 5) is 6.98. The first-order chi connectivity index (χ1) is 12.7. The van der Waals surface area contributed by atoms with Crippen molar-refractivity contribution >= 4 is 5.69 Å². The van der Waals surface area contributed by atoms with E-state index in [0.717, 1.165) is 48.0 Å². The molecule has 3 N–H and O–H groups in total. The second kappa shape index (κ2) is 7.27. The molecule has 3 heterocycles. The molecular formula is C20H23N5O. The molecule has 1 aliphatic heterocycles. The summed E-state index contributed by atoms with van der Waals surface area (Å²) in [5, 5.41) is 7.39. The van der Waals surface area contributed by atoms with Crippen molar-refractivity contribution < 1.29 is 4.74 Å². The fourth-order valence-electron chi connectivity index (χ4n) is 3.44. The van der Waals surface area contributed by atoms with Gasteiger partial charge in [0.1, 0.15) is 6.10 Å². The molecular weight excluding hydrogens is 326 g/mol. The Kier molecular flexibility index (Phi) is 4.69. The smallest absolute Gasteiger partial charge is 0.112 e. The van der Waals surface area contributed by atoms with E-state index in [1.807, 2.05) is 43.5 Å². The van der Waals surface area contributed by atoms with Crippen LogP contribution in [0.2, 0.25) is 0 Å². The maximum absolute atomic E-state index is 5.97. The van der Waals surface area contributed by atoms with Crippen LogP contribution in [0.3, 0.4) is 0 Å². The lowest BCUT2D eigenvalue weighted by atomic mass is 10.1. The third-order valence-corrected chi connectivity index (χ3v) is 4.65. The Labute approximate surface area is 153 Å². The van der Waals surface area contributed by atoms with Gasteiger partial charge in [0.25, 0.3) is 0 Å². The van der Waals surface area contributed by atoms with Gasteiger partial charge in [0.15, 0.2) is 0 Å². The number of nitrogens with two attached hydrogens (primary N) is 1. The maximum atomic E-state index is 5.97. The van der Waals surface area contributed by atoms with Crippen molar-refractivity contribution in [3.8, 4) is 11.3 Å². The Bertz CT molecular complexity index is 857. The molecule has 4 rings (SSSR count). The van der Waals surface area contributed by atoms with Crippen molar-refractivity contribution in [2.75, 3.05) is 25.4 Å². The van der Waals surface area contributed by atoms with Gasteiger partial charge in [0, 0.05) is 36.6 Å². The van der Waals surface area contributed by atoms with Crippen LogP contribution in [0, 0.1) is 6.92 Å². The second-order valence-electron chi connectivity index (χ2n) is 6.70. The Balaban J connectivity index is 1.50. The molecule has 1 aromatic carbocycles. The second-order valence-corrected chi connectivity index (χ2v) is 6.70. The molecule has 1 atom stereocenters. The van der Waals surface area contributed by atoms with Crippen LogP contribution in [0.5, 0.6) is 0 Å². The van der Waals surface area contributed by atoms with Gasteiger partial charge in [-0.3, -0.25) is 15.0 Å². The number of ether oxygens (including phenoxy) is 1. The number of hydrogen-bond donors (Lipinski definition) is 2. The summed E-state index contributed by atoms with van der Waals surface area (Å²) in [5.41, 5.74) is 11.9. The average molecular weight is 349 g/mol. The van der Waals surface area contributed by atoms with Gasteiger partial charge < -0.3 is 10.5 Å². The van der Waals surface area contributed by atoms with Crippen LogP contribution in [0.15, 0.2) is 48.7 Å². The molecule has 0 saturated carbocycles. The Morgan fingerprint density at radius 3 is 2.92 bits per heavy atom. The van der Waals surface area contributed by atoms with Gasteiger partial charge in [-0.2, -0.15) is 5.10 Å². The third-order valence-electron chi connectivity index (χ3n) is 4.65. The van der Waals surface area contributed by atoms with E-state index in [1.54, 1.807) is 0 Å². The summed E-state index contributed by atoms with van der Waals surface area (Å²) in [6, 6.07) is 14.1. The number of nitrogens with one attached hydrogen (secondary N) is 1. The van der Waals surface area contributed by atoms with Crippen LogP contribution < -0.4 is 5.73 Å². The first-order valence-electron chi connectivity index (χ1n) is 8.85. The predicted molar refractivity (Wildman–Crippen MR) is 101 cm³/mol. The minimum Gasteiger partial charge on any atom is -0.399 e. The number of anilines is 1. The number of morpholine rings is 1. The molecule has 0 unspecified atom stereocenters. The normalized spacial score (nSPS) is 18.1. The molecule has 1 saturated heterocycles. The Morgan fingerprint density at radius 1 is 1.27 bits per heavy atom. The van der Waals surface area contributed by atoms with Crippen molar-refractivity contribution in [3.05, 3.63) is 65.6 Å². The zero-order valence-electron chi connectivity index (χ0n) is 14.9. The fraction of sp³-hybridized carbons (Fsp3) is 0.300. The van der Waals surface area contributed by atoms with Crippen LogP contribution in [0.4, 0.5) is 5.69 Å². The average Bonchev–Trinajstić information content (AvgIpc) is 3.10. The molecule has 6 heteroatoms. The Hall–Kier alpha value is -2.70. The Morgan fingerprint density at radius 2 is 2.12 bits per heavy atom. The number of aryl methyl sites for hydroxylation is 1. The zero-order valence-corrected chi connectivity index (χ0v) is 14.9. The number of aromatic nitrogens is 3. The summed E-state index contributed by atoms with van der Waals surface area (Å²) in [7, 11) is 0. The number of aromatic amines is 1. The number of H-pyrrole nitrogens is 1. The lowest BCUT2D eigenvalue weighted by Crippen LogP contribution is -2.38. The molecule has 3 aromatic rings. The first kappa shape index (κ1) is 16.8. The van der Waals surface area contributed by atoms with Gasteiger partial charge in [-0.25, -0.2) is 0 Å². The van der Waals surface area contributed by atoms with Crippen molar-refractivity contribution in [2.24, 2.45) is 0 Å². The molecule has 0 bridgehead atoms. The molecule has 1 aliphatic rings. The molecule has 6 nitrogen and oxygen atoms in total. The molecule has 0 amide bonds. The molecule has 0 spiro atoms. The van der Waals surface area contributed by atoms with Gasteiger partial charge in [-0.15, -0.1) is 0 Å². The van der Waals surface area contributed by atoms with Gasteiger partial charge >= 0.3 is 0 Å². The summed E-state index contributed by atoms with van der Waals surface area (Å²) in [6.07, 6.45) is 1.86. The number of pyridine rings is 1. The molecule has 2 aromatic heterocycles. The van der Waals surface area contributed by atoms with Crippen molar-refractivity contribution in [1.82, 2.24) is 20.1 Å². The van der Waals surface area contributed by atoms with E-state index in [2.05, 4.69) is 32.2 Å². The zero-order chi connectivity index (χ0) is 17.9. The van der Waals surface area contributed by atoms with Crippen LogP contribution in [-0.2, 0) is 11.3 Å². The van der Waals surface area contributed by atoms with Gasteiger partial charge in [-0.05, 0) is 24.6 Å². The number of rotatable bonds is 4. The highest BCUT2D eigenvalue weighted by Crippen LogP contribution is 2.26. The highest BCUT2D eigenvalue weighted by molar-refractivity contribution is 5.62. The monoisotopic (exact) mass is 349 g/mol. The van der Waals surface area contributed by atoms with E-state index in [9.17, 15) is 0 Å². The third kappa shape index (κ3) is 3.61. The van der Waals surface area contributed by atoms with Gasteiger partial charge in [-0.1, -0.05) is 30.3 Å². The lowest BCUT2D eigenvalue weighted by Gasteiger charge is -2.32. The molecule has 134 valence electrons. The predicted octanol–water partition coefficient (Wildman–Crippen LogP) is 2.94. The van der Waals surface area contributed by atoms with Crippen molar-refractivity contribution in [1.29, 1.82) is 0 Å². The molecule has 0 radical (unpaired) electrons. The maximum Gasteiger partial charge on any atom is 0.112 e. The summed E-state index contributed by atoms with van der Waals surface area (Å²) < 4.78 is 5.96. The fourth-order valence-corrected chi connectivity index (χ4v) is 3.44. The lowest BCUT2D eigenvalue weighted by molar-refractivity contribution is -0.0349. The van der Waals surface area contributed by atoms with Crippen molar-refractivity contribution in [3.63, 3.8) is 0 Å². The van der Waals surface area contributed by atoms with Crippen molar-refractivity contribution in [2.45, 2.75) is 19.6 Å². The van der Waals surface area contributed by atoms with E-state index in [0.29, 0.717) is 6.61 Å². The summed E-state index contributed by atoms with van der Waals surface area (Å²) >= 11 is 0. The number of nitrogen functional groups attached to an aromatic ring is 1. The largest absolute Gasteiger partial charge is 0.399 e. The van der Waals surface area contributed by atoms with E-state index in [1.165, 1.54) is 5.56 Å². The van der Waals surface area contributed by atoms with Gasteiger partial charge in [0.2, 0.25) is 0 Å². The number of benzene rings is 1. The van der Waals surface area contributed by atoms with E-state index < -0.39 is 0 Å². The topological polar surface area (TPSA) is 80.1 Å². The standard InChI is InChI=1S/C20H23N5O/c1-14-9-17(21)10-18(23-14)19-13-25(7-8-26-19)12-16-11-22-24-20(16)15-5-3-2-4-6-15/h2-6,9-11,19H,7-8,12-13H2,1H3,(H2,21,23)(H,22,24)/t19-/m1/s1. The minimum atomic E-state index is -0.0574. The molecule has 0 aliphatic carbocycles. The molecule has 1 fully saturated rings. The van der Waals surface area contributed by atoms with Crippen LogP contribution in [0.1, 0.15) is 23.1 Å². The van der Waals surface area contributed by atoms with Gasteiger partial charge in [0.05, 0.1) is 24.2 Å². The van der Waals surface area contributed by atoms with Crippen LogP contribution >= 0.6 is 0 Å². The van der Waals surface area contributed by atoms with E-state index in [4.69, 9.17) is 10.5 Å². The number of nitrogens with zero attached hydrogens (tertiary/aromatic N) is 3.